The van der Waals surface area contributed by atoms with Crippen LogP contribution in [0, 0.1) is 0 Å². The predicted molar refractivity (Wildman–Crippen MR) is 62.7 cm³/mol. The molecule has 0 aliphatic carbocycles. The third kappa shape index (κ3) is 3.74. The zero-order chi connectivity index (χ0) is 8.10. The van der Waals surface area contributed by atoms with E-state index >= 15 is 0 Å². The van der Waals surface area contributed by atoms with Gasteiger partial charge in [0.15, 0.2) is 0 Å². The molecule has 0 bridgehead atoms. The van der Waals surface area contributed by atoms with Crippen LogP contribution in [-0.4, -0.2) is 15.0 Å². The van der Waals surface area contributed by atoms with E-state index in [4.69, 9.17) is 0 Å². The SMILES string of the molecule is Brc1ccc([Se]/C=C/I)cc1. The van der Waals surface area contributed by atoms with Crippen molar-refractivity contribution in [3.63, 3.8) is 0 Å². The van der Waals surface area contributed by atoms with Crippen LogP contribution in [0.1, 0.15) is 0 Å². The fraction of sp³-hybridized carbons (Fsp3) is 0. The molecule has 0 saturated heterocycles. The van der Waals surface area contributed by atoms with Crippen LogP contribution >= 0.6 is 38.5 Å². The van der Waals surface area contributed by atoms with Crippen LogP contribution in [0.4, 0.5) is 0 Å². The molecule has 1 rings (SSSR count). The minimum atomic E-state index is 0.502. The minimum absolute atomic E-state index is 0.502. The predicted octanol–water partition coefficient (Wildman–Crippen LogP) is 2.68. The van der Waals surface area contributed by atoms with Gasteiger partial charge in [0, 0.05) is 0 Å². The molecule has 0 unspecified atom stereocenters. The summed E-state index contributed by atoms with van der Waals surface area (Å²) in [5.74, 6) is 0. The normalized spacial score (nSPS) is 10.7. The average Bonchev–Trinajstić information content (AvgIpc) is 2.04. The first-order valence-electron chi connectivity index (χ1n) is 3.00. The van der Waals surface area contributed by atoms with Gasteiger partial charge in [-0.2, -0.15) is 0 Å². The monoisotopic (exact) mass is 388 g/mol. The molecular weight excluding hydrogens is 382 g/mol. The zero-order valence-electron chi connectivity index (χ0n) is 5.63. The van der Waals surface area contributed by atoms with Gasteiger partial charge in [0.2, 0.25) is 0 Å². The Labute approximate surface area is 94.9 Å². The number of hydrogen-bond donors (Lipinski definition) is 0. The average molecular weight is 388 g/mol. The molecule has 0 aromatic heterocycles. The fourth-order valence-corrected chi connectivity index (χ4v) is 2.70. The maximum atomic E-state index is 3.40. The van der Waals surface area contributed by atoms with Crippen molar-refractivity contribution in [3.8, 4) is 0 Å². The number of rotatable bonds is 2. The van der Waals surface area contributed by atoms with E-state index < -0.39 is 0 Å². The molecule has 0 aliphatic rings. The van der Waals surface area contributed by atoms with Crippen molar-refractivity contribution in [2.45, 2.75) is 0 Å². The molecular formula is C8H6BrISe. The molecule has 0 N–H and O–H groups in total. The number of hydrogen-bond acceptors (Lipinski definition) is 0. The van der Waals surface area contributed by atoms with Crippen molar-refractivity contribution in [2.24, 2.45) is 0 Å². The molecule has 0 heterocycles. The van der Waals surface area contributed by atoms with Gasteiger partial charge in [0.1, 0.15) is 0 Å². The van der Waals surface area contributed by atoms with Crippen molar-refractivity contribution < 1.29 is 0 Å². The summed E-state index contributed by atoms with van der Waals surface area (Å²) < 4.78 is 4.63. The van der Waals surface area contributed by atoms with E-state index in [1.54, 1.807) is 0 Å². The summed E-state index contributed by atoms with van der Waals surface area (Å²) in [6, 6.07) is 8.47. The van der Waals surface area contributed by atoms with Crippen molar-refractivity contribution in [2.75, 3.05) is 0 Å². The van der Waals surface area contributed by atoms with E-state index in [0.717, 1.165) is 4.47 Å². The van der Waals surface area contributed by atoms with Crippen LogP contribution in [0.2, 0.25) is 0 Å². The molecule has 58 valence electrons. The standard InChI is InChI=1S/C8H6BrISe/c9-7-1-3-8(4-2-7)11-6-5-10/h1-6H/b6-5+. The maximum absolute atomic E-state index is 3.40. The van der Waals surface area contributed by atoms with Crippen LogP contribution in [-0.2, 0) is 0 Å². The van der Waals surface area contributed by atoms with E-state index in [-0.39, 0.29) is 0 Å². The fourth-order valence-electron chi connectivity index (χ4n) is 0.617. The molecule has 11 heavy (non-hydrogen) atoms. The summed E-state index contributed by atoms with van der Waals surface area (Å²) in [7, 11) is 0. The van der Waals surface area contributed by atoms with E-state index in [1.807, 2.05) is 0 Å². The van der Waals surface area contributed by atoms with Crippen molar-refractivity contribution in [1.29, 1.82) is 0 Å². The Kier molecular flexibility index (Phi) is 4.76. The van der Waals surface area contributed by atoms with E-state index in [1.165, 1.54) is 4.46 Å². The molecule has 0 fully saturated rings. The van der Waals surface area contributed by atoms with Crippen molar-refractivity contribution in [3.05, 3.63) is 37.8 Å². The van der Waals surface area contributed by atoms with Crippen LogP contribution < -0.4 is 4.46 Å². The summed E-state index contributed by atoms with van der Waals surface area (Å²) >= 11 is 6.15. The topological polar surface area (TPSA) is 0 Å². The molecule has 0 spiro atoms. The Morgan fingerprint density at radius 2 is 1.91 bits per heavy atom. The second-order valence-electron chi connectivity index (χ2n) is 1.83. The van der Waals surface area contributed by atoms with Gasteiger partial charge in [-0.05, 0) is 0 Å². The van der Waals surface area contributed by atoms with Crippen molar-refractivity contribution >= 4 is 57.9 Å². The van der Waals surface area contributed by atoms with Crippen LogP contribution in [0.5, 0.6) is 0 Å². The molecule has 0 saturated carbocycles. The molecule has 0 aliphatic heterocycles. The van der Waals surface area contributed by atoms with Crippen LogP contribution in [0.25, 0.3) is 0 Å². The van der Waals surface area contributed by atoms with Gasteiger partial charge >= 0.3 is 95.7 Å². The quantitative estimate of drug-likeness (QED) is 0.540. The molecule has 0 nitrogen and oxygen atoms in total. The molecule has 1 aromatic carbocycles. The second kappa shape index (κ2) is 5.36. The van der Waals surface area contributed by atoms with Gasteiger partial charge in [0.05, 0.1) is 0 Å². The number of halogens is 2. The first-order chi connectivity index (χ1) is 5.33. The first-order valence-corrected chi connectivity index (χ1v) is 6.89. The zero-order valence-corrected chi connectivity index (χ0v) is 11.1. The molecule has 0 amide bonds. The van der Waals surface area contributed by atoms with E-state index in [2.05, 4.69) is 71.8 Å². The Bertz CT molecular complexity index is 243. The summed E-state index contributed by atoms with van der Waals surface area (Å²) in [4.78, 5) is 2.21. The molecule has 3 heteroatoms. The van der Waals surface area contributed by atoms with E-state index in [0.29, 0.717) is 15.0 Å². The van der Waals surface area contributed by atoms with Gasteiger partial charge in [-0.25, -0.2) is 0 Å². The Morgan fingerprint density at radius 1 is 1.27 bits per heavy atom. The summed E-state index contributed by atoms with van der Waals surface area (Å²) in [5, 5.41) is 0. The van der Waals surface area contributed by atoms with Gasteiger partial charge in [-0.1, -0.05) is 0 Å². The first kappa shape index (κ1) is 9.78. The summed E-state index contributed by atoms with van der Waals surface area (Å²) in [5.41, 5.74) is 0. The van der Waals surface area contributed by atoms with Gasteiger partial charge in [0.25, 0.3) is 0 Å². The molecule has 0 radical (unpaired) electrons. The van der Waals surface area contributed by atoms with Gasteiger partial charge in [-0.3, -0.25) is 0 Å². The Hall–Kier alpha value is 0.689. The van der Waals surface area contributed by atoms with Crippen LogP contribution in [0.3, 0.4) is 0 Å². The van der Waals surface area contributed by atoms with E-state index in [9.17, 15) is 0 Å². The second-order valence-corrected chi connectivity index (χ2v) is 5.52. The number of benzene rings is 1. The third-order valence-electron chi connectivity index (χ3n) is 1.07. The van der Waals surface area contributed by atoms with Crippen LogP contribution in [0.15, 0.2) is 37.8 Å². The molecule has 0 atom stereocenters. The third-order valence-corrected chi connectivity index (χ3v) is 4.77. The van der Waals surface area contributed by atoms with Crippen molar-refractivity contribution in [1.82, 2.24) is 0 Å². The van der Waals surface area contributed by atoms with Gasteiger partial charge < -0.3 is 0 Å². The molecule has 1 aromatic rings. The summed E-state index contributed by atoms with van der Waals surface area (Å²) in [6.45, 7) is 0. The Balaban J connectivity index is 2.66. The summed E-state index contributed by atoms with van der Waals surface area (Å²) in [6.07, 6.45) is 0. The van der Waals surface area contributed by atoms with Gasteiger partial charge in [-0.15, -0.1) is 0 Å². The Morgan fingerprint density at radius 3 is 2.45 bits per heavy atom.